The number of ether oxygens (including phenoxy) is 3. The van der Waals surface area contributed by atoms with Crippen molar-refractivity contribution in [3.05, 3.63) is 53.6 Å². The van der Waals surface area contributed by atoms with Crippen LogP contribution in [0.1, 0.15) is 11.1 Å². The van der Waals surface area contributed by atoms with Gasteiger partial charge >= 0.3 is 0 Å². The van der Waals surface area contributed by atoms with Gasteiger partial charge in [0, 0.05) is 12.1 Å². The summed E-state index contributed by atoms with van der Waals surface area (Å²) in [6.45, 7) is 1.15. The molecule has 6 heteroatoms. The molecule has 0 aliphatic rings. The van der Waals surface area contributed by atoms with E-state index in [-0.39, 0.29) is 0 Å². The fraction of sp³-hybridized carbons (Fsp3) is 0.316. The van der Waals surface area contributed by atoms with Crippen molar-refractivity contribution < 1.29 is 14.2 Å². The van der Waals surface area contributed by atoms with Crippen molar-refractivity contribution in [3.63, 3.8) is 0 Å². The summed E-state index contributed by atoms with van der Waals surface area (Å²) >= 11 is 0. The lowest BCUT2D eigenvalue weighted by atomic mass is 10.1. The Bertz CT molecular complexity index is 717. The summed E-state index contributed by atoms with van der Waals surface area (Å²) in [5, 5.41) is 3.12. The summed E-state index contributed by atoms with van der Waals surface area (Å²) in [5.41, 5.74) is 8.05. The first-order valence-corrected chi connectivity index (χ1v) is 8.04. The number of nitrogens with two attached hydrogens (primary N) is 1. The van der Waals surface area contributed by atoms with Crippen molar-refractivity contribution in [2.45, 2.75) is 13.0 Å². The van der Waals surface area contributed by atoms with Crippen molar-refractivity contribution in [1.82, 2.24) is 5.32 Å². The van der Waals surface area contributed by atoms with Crippen molar-refractivity contribution in [2.24, 2.45) is 10.7 Å². The molecule has 0 fully saturated rings. The van der Waals surface area contributed by atoms with Gasteiger partial charge in [0.25, 0.3) is 0 Å². The smallest absolute Gasteiger partial charge is 0.188 e. The summed E-state index contributed by atoms with van der Waals surface area (Å²) in [4.78, 5) is 4.35. The van der Waals surface area contributed by atoms with E-state index >= 15 is 0 Å². The van der Waals surface area contributed by atoms with Gasteiger partial charge in [-0.1, -0.05) is 24.3 Å². The van der Waals surface area contributed by atoms with Crippen molar-refractivity contribution in [3.8, 4) is 17.2 Å². The first-order chi connectivity index (χ1) is 12.2. The van der Waals surface area contributed by atoms with E-state index in [2.05, 4.69) is 10.3 Å². The van der Waals surface area contributed by atoms with E-state index in [1.165, 1.54) is 0 Å². The van der Waals surface area contributed by atoms with Gasteiger partial charge in [-0.05, 0) is 30.2 Å². The molecular weight excluding hydrogens is 318 g/mol. The highest BCUT2D eigenvalue weighted by atomic mass is 16.5. The van der Waals surface area contributed by atoms with E-state index in [1.54, 1.807) is 21.3 Å². The average Bonchev–Trinajstić information content (AvgIpc) is 2.66. The second-order valence-electron chi connectivity index (χ2n) is 5.38. The first kappa shape index (κ1) is 18.4. The zero-order valence-corrected chi connectivity index (χ0v) is 14.9. The van der Waals surface area contributed by atoms with Gasteiger partial charge in [-0.3, -0.25) is 0 Å². The number of para-hydroxylation sites is 1. The Morgan fingerprint density at radius 3 is 2.40 bits per heavy atom. The number of hydrogen-bond acceptors (Lipinski definition) is 4. The lowest BCUT2D eigenvalue weighted by molar-refractivity contribution is 0.354. The Morgan fingerprint density at radius 1 is 0.960 bits per heavy atom. The third-order valence-corrected chi connectivity index (χ3v) is 3.78. The molecule has 0 radical (unpaired) electrons. The zero-order valence-electron chi connectivity index (χ0n) is 14.9. The number of aliphatic imine (C=N–C) groups is 1. The number of nitrogens with one attached hydrogen (secondary N) is 1. The van der Waals surface area contributed by atoms with Gasteiger partial charge in [-0.2, -0.15) is 0 Å². The number of guanidine groups is 1. The molecule has 25 heavy (non-hydrogen) atoms. The van der Waals surface area contributed by atoms with E-state index in [0.29, 0.717) is 19.0 Å². The molecule has 0 spiro atoms. The Kier molecular flexibility index (Phi) is 6.95. The largest absolute Gasteiger partial charge is 0.496 e. The topological polar surface area (TPSA) is 78.1 Å². The Balaban J connectivity index is 1.86. The fourth-order valence-corrected chi connectivity index (χ4v) is 2.43. The van der Waals surface area contributed by atoms with Crippen LogP contribution in [0.15, 0.2) is 47.5 Å². The summed E-state index contributed by atoms with van der Waals surface area (Å²) in [7, 11) is 4.90. The summed E-state index contributed by atoms with van der Waals surface area (Å²) in [6, 6.07) is 13.6. The van der Waals surface area contributed by atoms with E-state index < -0.39 is 0 Å². The molecule has 0 saturated carbocycles. The van der Waals surface area contributed by atoms with Crippen LogP contribution >= 0.6 is 0 Å². The quantitative estimate of drug-likeness (QED) is 0.568. The summed E-state index contributed by atoms with van der Waals surface area (Å²) in [5.74, 6) is 2.66. The van der Waals surface area contributed by atoms with Crippen molar-refractivity contribution >= 4 is 5.96 Å². The van der Waals surface area contributed by atoms with Crippen LogP contribution in [0.3, 0.4) is 0 Å². The Labute approximate surface area is 148 Å². The van der Waals surface area contributed by atoms with Gasteiger partial charge in [-0.25, -0.2) is 4.99 Å². The van der Waals surface area contributed by atoms with Crippen LogP contribution in [0.4, 0.5) is 0 Å². The van der Waals surface area contributed by atoms with Gasteiger partial charge in [0.15, 0.2) is 17.5 Å². The highest BCUT2D eigenvalue weighted by molar-refractivity contribution is 5.77. The molecule has 2 aromatic carbocycles. The third-order valence-electron chi connectivity index (χ3n) is 3.78. The molecule has 6 nitrogen and oxygen atoms in total. The monoisotopic (exact) mass is 343 g/mol. The van der Waals surface area contributed by atoms with Crippen LogP contribution in [0.2, 0.25) is 0 Å². The average molecular weight is 343 g/mol. The van der Waals surface area contributed by atoms with Crippen LogP contribution in [0, 0.1) is 0 Å². The standard InChI is InChI=1S/C19H25N3O3/c1-23-16-7-5-4-6-15(16)13-22-19(20)21-11-10-14-8-9-17(24-2)18(12-14)25-3/h4-9,12H,10-11,13H2,1-3H3,(H3,20,21,22). The number of rotatable bonds is 8. The second-order valence-corrected chi connectivity index (χ2v) is 5.38. The van der Waals surface area contributed by atoms with Crippen LogP contribution in [-0.4, -0.2) is 33.8 Å². The molecule has 3 N–H and O–H groups in total. The number of benzene rings is 2. The maximum absolute atomic E-state index is 5.93. The molecule has 2 aromatic rings. The summed E-state index contributed by atoms with van der Waals surface area (Å²) < 4.78 is 15.8. The molecule has 0 aliphatic heterocycles. The number of hydrogen-bond donors (Lipinski definition) is 2. The molecule has 0 heterocycles. The lowest BCUT2D eigenvalue weighted by Crippen LogP contribution is -2.33. The van der Waals surface area contributed by atoms with Gasteiger partial charge in [-0.15, -0.1) is 0 Å². The predicted octanol–water partition coefficient (Wildman–Crippen LogP) is 2.36. The highest BCUT2D eigenvalue weighted by Gasteiger charge is 2.05. The minimum atomic E-state index is 0.409. The van der Waals surface area contributed by atoms with E-state index in [0.717, 1.165) is 34.8 Å². The van der Waals surface area contributed by atoms with Crippen LogP contribution in [0.25, 0.3) is 0 Å². The van der Waals surface area contributed by atoms with Crippen molar-refractivity contribution in [1.29, 1.82) is 0 Å². The molecule has 0 aromatic heterocycles. The van der Waals surface area contributed by atoms with Gasteiger partial charge < -0.3 is 25.3 Å². The molecular formula is C19H25N3O3. The maximum Gasteiger partial charge on any atom is 0.188 e. The maximum atomic E-state index is 5.93. The molecule has 0 aliphatic carbocycles. The van der Waals surface area contributed by atoms with Crippen LogP contribution in [0.5, 0.6) is 17.2 Å². The van der Waals surface area contributed by atoms with Crippen molar-refractivity contribution in [2.75, 3.05) is 27.9 Å². The minimum Gasteiger partial charge on any atom is -0.496 e. The third kappa shape index (κ3) is 5.31. The van der Waals surface area contributed by atoms with Crippen LogP contribution < -0.4 is 25.3 Å². The van der Waals surface area contributed by atoms with E-state index in [9.17, 15) is 0 Å². The molecule has 2 rings (SSSR count). The Hall–Kier alpha value is -2.89. The first-order valence-electron chi connectivity index (χ1n) is 8.04. The molecule has 134 valence electrons. The molecule has 0 unspecified atom stereocenters. The number of methoxy groups -OCH3 is 3. The lowest BCUT2D eigenvalue weighted by Gasteiger charge is -2.10. The molecule has 0 atom stereocenters. The SMILES string of the molecule is COc1ccccc1CN=C(N)NCCc1ccc(OC)c(OC)c1. The Morgan fingerprint density at radius 2 is 1.68 bits per heavy atom. The van der Waals surface area contributed by atoms with Crippen LogP contribution in [-0.2, 0) is 13.0 Å². The fourth-order valence-electron chi connectivity index (χ4n) is 2.43. The highest BCUT2D eigenvalue weighted by Crippen LogP contribution is 2.27. The predicted molar refractivity (Wildman–Crippen MR) is 99.6 cm³/mol. The van der Waals surface area contributed by atoms with Gasteiger partial charge in [0.2, 0.25) is 0 Å². The second kappa shape index (κ2) is 9.42. The molecule has 0 saturated heterocycles. The minimum absolute atomic E-state index is 0.409. The van der Waals surface area contributed by atoms with Gasteiger partial charge in [0.05, 0.1) is 27.9 Å². The molecule has 0 amide bonds. The zero-order chi connectivity index (χ0) is 18.1. The van der Waals surface area contributed by atoms with E-state index in [1.807, 2.05) is 42.5 Å². The van der Waals surface area contributed by atoms with Gasteiger partial charge in [0.1, 0.15) is 5.75 Å². The summed E-state index contributed by atoms with van der Waals surface area (Å²) in [6.07, 6.45) is 0.797. The number of nitrogens with zero attached hydrogens (tertiary/aromatic N) is 1. The molecule has 0 bridgehead atoms. The van der Waals surface area contributed by atoms with E-state index in [4.69, 9.17) is 19.9 Å². The normalized spacial score (nSPS) is 11.1.